The Morgan fingerprint density at radius 2 is 1.58 bits per heavy atom. The lowest BCUT2D eigenvalue weighted by Crippen LogP contribution is -2.40. The molecule has 12 heteroatoms. The smallest absolute Gasteiger partial charge is 0.261 e. The molecule has 190 valence electrons. The zero-order valence-electron chi connectivity index (χ0n) is 19.3. The van der Waals surface area contributed by atoms with Gasteiger partial charge in [-0.05, 0) is 67.1 Å². The van der Waals surface area contributed by atoms with E-state index in [-0.39, 0.29) is 34.1 Å². The van der Waals surface area contributed by atoms with Gasteiger partial charge in [-0.15, -0.1) is 0 Å². The predicted molar refractivity (Wildman–Crippen MR) is 137 cm³/mol. The minimum Gasteiger partial charge on any atom is -0.379 e. The van der Waals surface area contributed by atoms with E-state index in [1.54, 1.807) is 31.2 Å². The highest BCUT2D eigenvalue weighted by atomic mass is 35.5. The van der Waals surface area contributed by atoms with Crippen molar-refractivity contribution in [1.29, 1.82) is 0 Å². The third-order valence-electron chi connectivity index (χ3n) is 5.56. The van der Waals surface area contributed by atoms with Gasteiger partial charge in [0.2, 0.25) is 10.0 Å². The lowest BCUT2D eigenvalue weighted by molar-refractivity contribution is 0.0730. The van der Waals surface area contributed by atoms with Gasteiger partial charge in [0.1, 0.15) is 0 Å². The summed E-state index contributed by atoms with van der Waals surface area (Å²) < 4.78 is 60.7. The van der Waals surface area contributed by atoms with Crippen LogP contribution in [-0.2, 0) is 24.8 Å². The molecule has 2 N–H and O–H groups in total. The fourth-order valence-corrected chi connectivity index (χ4v) is 6.28. The van der Waals surface area contributed by atoms with Crippen molar-refractivity contribution < 1.29 is 26.4 Å². The zero-order chi connectivity index (χ0) is 25.9. The Morgan fingerprint density at radius 1 is 0.889 bits per heavy atom. The maximum atomic E-state index is 13.1. The van der Waals surface area contributed by atoms with Gasteiger partial charge in [-0.25, -0.2) is 16.8 Å². The number of carbonyl (C=O) groups is 1. The standard InChI is InChI=1S/C24H24ClN3O6S2/c1-17-5-10-22(36(32,33)28-11-13-34-14-12-28)16-23(17)24(29)26-20-3-2-4-21(15-20)35(30,31)27-19-8-6-18(25)7-9-19/h2-10,15-16,27H,11-14H2,1H3,(H,26,29). The number of carbonyl (C=O) groups excluding carboxylic acids is 1. The SMILES string of the molecule is Cc1ccc(S(=O)(=O)N2CCOCC2)cc1C(=O)Nc1cccc(S(=O)(=O)Nc2ccc(Cl)cc2)c1. The van der Waals surface area contributed by atoms with E-state index in [4.69, 9.17) is 16.3 Å². The van der Waals surface area contributed by atoms with Gasteiger partial charge in [0, 0.05) is 35.1 Å². The second-order valence-corrected chi connectivity index (χ2v) is 12.1. The van der Waals surface area contributed by atoms with Crippen molar-refractivity contribution in [2.45, 2.75) is 16.7 Å². The number of amides is 1. The van der Waals surface area contributed by atoms with Crippen LogP contribution < -0.4 is 10.0 Å². The van der Waals surface area contributed by atoms with Gasteiger partial charge >= 0.3 is 0 Å². The summed E-state index contributed by atoms with van der Waals surface area (Å²) in [6, 6.07) is 16.3. The highest BCUT2D eigenvalue weighted by Crippen LogP contribution is 2.24. The molecule has 1 aliphatic heterocycles. The van der Waals surface area contributed by atoms with E-state index in [1.807, 2.05) is 0 Å². The summed E-state index contributed by atoms with van der Waals surface area (Å²) >= 11 is 5.85. The third kappa shape index (κ3) is 5.88. The van der Waals surface area contributed by atoms with E-state index in [2.05, 4.69) is 10.0 Å². The molecule has 1 saturated heterocycles. The van der Waals surface area contributed by atoms with Gasteiger partial charge < -0.3 is 10.1 Å². The van der Waals surface area contributed by atoms with Gasteiger partial charge in [-0.3, -0.25) is 9.52 Å². The summed E-state index contributed by atoms with van der Waals surface area (Å²) in [4.78, 5) is 13.0. The molecule has 0 atom stereocenters. The fraction of sp³-hybridized carbons (Fsp3) is 0.208. The van der Waals surface area contributed by atoms with Crippen molar-refractivity contribution in [3.63, 3.8) is 0 Å². The summed E-state index contributed by atoms with van der Waals surface area (Å²) in [6.45, 7) is 2.79. The first-order valence-electron chi connectivity index (χ1n) is 10.9. The molecule has 0 aromatic heterocycles. The number of sulfonamides is 2. The van der Waals surface area contributed by atoms with E-state index in [9.17, 15) is 21.6 Å². The average Bonchev–Trinajstić information content (AvgIpc) is 2.86. The van der Waals surface area contributed by atoms with Crippen molar-refractivity contribution in [2.75, 3.05) is 36.3 Å². The summed E-state index contributed by atoms with van der Waals surface area (Å²) in [5.41, 5.74) is 1.31. The van der Waals surface area contributed by atoms with E-state index in [0.717, 1.165) is 0 Å². The molecule has 0 spiro atoms. The first-order valence-corrected chi connectivity index (χ1v) is 14.2. The van der Waals surface area contributed by atoms with E-state index < -0.39 is 26.0 Å². The van der Waals surface area contributed by atoms with Crippen LogP contribution in [0.3, 0.4) is 0 Å². The molecular weight excluding hydrogens is 526 g/mol. The Kier molecular flexibility index (Phi) is 7.67. The Bertz CT molecular complexity index is 1490. The van der Waals surface area contributed by atoms with Gasteiger partial charge in [-0.1, -0.05) is 23.7 Å². The minimum absolute atomic E-state index is 0.00337. The number of rotatable bonds is 7. The third-order valence-corrected chi connectivity index (χ3v) is 9.09. The van der Waals surface area contributed by atoms with Crippen molar-refractivity contribution in [1.82, 2.24) is 4.31 Å². The Balaban J connectivity index is 1.55. The number of morpholine rings is 1. The number of aryl methyl sites for hydroxylation is 1. The quantitative estimate of drug-likeness (QED) is 0.463. The minimum atomic E-state index is -3.94. The molecule has 1 amide bonds. The van der Waals surface area contributed by atoms with Gasteiger partial charge in [-0.2, -0.15) is 4.31 Å². The second-order valence-electron chi connectivity index (χ2n) is 8.09. The Hall–Kier alpha value is -2.96. The molecule has 3 aromatic rings. The second kappa shape index (κ2) is 10.6. The molecule has 1 heterocycles. The number of hydrogen-bond donors (Lipinski definition) is 2. The van der Waals surface area contributed by atoms with Crippen LogP contribution in [0.4, 0.5) is 11.4 Å². The fourth-order valence-electron chi connectivity index (χ4n) is 3.61. The van der Waals surface area contributed by atoms with Gasteiger partial charge in [0.25, 0.3) is 15.9 Å². The van der Waals surface area contributed by atoms with Crippen LogP contribution in [-0.4, -0.2) is 53.4 Å². The largest absolute Gasteiger partial charge is 0.379 e. The molecule has 3 aromatic carbocycles. The highest BCUT2D eigenvalue weighted by Gasteiger charge is 2.27. The van der Waals surface area contributed by atoms with Crippen molar-refractivity contribution in [3.8, 4) is 0 Å². The number of benzene rings is 3. The summed E-state index contributed by atoms with van der Waals surface area (Å²) in [6.07, 6.45) is 0. The zero-order valence-corrected chi connectivity index (χ0v) is 21.7. The van der Waals surface area contributed by atoms with Crippen molar-refractivity contribution >= 4 is 48.9 Å². The molecule has 9 nitrogen and oxygen atoms in total. The number of hydrogen-bond acceptors (Lipinski definition) is 6. The average molecular weight is 550 g/mol. The predicted octanol–water partition coefficient (Wildman–Crippen LogP) is 3.72. The van der Waals surface area contributed by atoms with Crippen LogP contribution in [0.2, 0.25) is 5.02 Å². The van der Waals surface area contributed by atoms with Crippen LogP contribution in [0.5, 0.6) is 0 Å². The summed E-state index contributed by atoms with van der Waals surface area (Å²) in [5.74, 6) is -0.563. The molecular formula is C24H24ClN3O6S2. The normalized spacial score (nSPS) is 14.8. The molecule has 0 aliphatic carbocycles. The first kappa shape index (κ1) is 26.1. The lowest BCUT2D eigenvalue weighted by Gasteiger charge is -2.26. The first-order chi connectivity index (χ1) is 17.1. The van der Waals surface area contributed by atoms with E-state index >= 15 is 0 Å². The van der Waals surface area contributed by atoms with Crippen LogP contribution in [0.15, 0.2) is 76.5 Å². The maximum Gasteiger partial charge on any atom is 0.261 e. The Morgan fingerprint density at radius 3 is 2.28 bits per heavy atom. The topological polar surface area (TPSA) is 122 Å². The lowest BCUT2D eigenvalue weighted by atomic mass is 10.1. The molecule has 0 bridgehead atoms. The molecule has 1 aliphatic rings. The number of ether oxygens (including phenoxy) is 1. The number of halogens is 1. The summed E-state index contributed by atoms with van der Waals surface area (Å²) in [7, 11) is -7.72. The van der Waals surface area contributed by atoms with Crippen molar-refractivity contribution in [3.05, 3.63) is 82.9 Å². The summed E-state index contributed by atoms with van der Waals surface area (Å²) in [5, 5.41) is 3.14. The highest BCUT2D eigenvalue weighted by molar-refractivity contribution is 7.92. The van der Waals surface area contributed by atoms with Crippen LogP contribution in [0, 0.1) is 6.92 Å². The van der Waals surface area contributed by atoms with Crippen LogP contribution >= 0.6 is 11.6 Å². The van der Waals surface area contributed by atoms with Gasteiger partial charge in [0.15, 0.2) is 0 Å². The monoisotopic (exact) mass is 549 g/mol. The molecule has 0 radical (unpaired) electrons. The molecule has 4 rings (SSSR count). The number of nitrogens with one attached hydrogen (secondary N) is 2. The van der Waals surface area contributed by atoms with Crippen LogP contribution in [0.25, 0.3) is 0 Å². The van der Waals surface area contributed by atoms with E-state index in [0.29, 0.717) is 29.5 Å². The Labute approximate surface area is 215 Å². The molecule has 36 heavy (non-hydrogen) atoms. The number of anilines is 2. The maximum absolute atomic E-state index is 13.1. The molecule has 0 unspecified atom stereocenters. The van der Waals surface area contributed by atoms with Crippen molar-refractivity contribution in [2.24, 2.45) is 0 Å². The van der Waals surface area contributed by atoms with E-state index in [1.165, 1.54) is 46.8 Å². The molecule has 0 saturated carbocycles. The molecule has 1 fully saturated rings. The van der Waals surface area contributed by atoms with Crippen LogP contribution in [0.1, 0.15) is 15.9 Å². The van der Waals surface area contributed by atoms with Gasteiger partial charge in [0.05, 0.1) is 23.0 Å². The number of nitrogens with zero attached hydrogens (tertiary/aromatic N) is 1.